The van der Waals surface area contributed by atoms with Gasteiger partial charge in [-0.1, -0.05) is 29.8 Å². The van der Waals surface area contributed by atoms with Crippen LogP contribution in [0.25, 0.3) is 0 Å². The number of hydrogen-bond acceptors (Lipinski definition) is 2. The zero-order valence-electron chi connectivity index (χ0n) is 14.6. The van der Waals surface area contributed by atoms with Crippen molar-refractivity contribution >= 4 is 33.4 Å². The molecule has 2 rings (SSSR count). The maximum absolute atomic E-state index is 12.6. The molecule has 27 heavy (non-hydrogen) atoms. The first-order valence-corrected chi connectivity index (χ1v) is 8.92. The summed E-state index contributed by atoms with van der Waals surface area (Å²) < 4.78 is 38.6. The lowest BCUT2D eigenvalue weighted by Gasteiger charge is -2.22. The second-order valence-electron chi connectivity index (χ2n) is 6.27. The summed E-state index contributed by atoms with van der Waals surface area (Å²) in [6, 6.07) is 9.94. The highest BCUT2D eigenvalue weighted by Gasteiger charge is 2.30. The van der Waals surface area contributed by atoms with Gasteiger partial charge in [0, 0.05) is 15.7 Å². The predicted molar refractivity (Wildman–Crippen MR) is 100 cm³/mol. The number of carbonyl (C=O) groups is 2. The fourth-order valence-electron chi connectivity index (χ4n) is 2.32. The molecule has 0 aliphatic carbocycles. The van der Waals surface area contributed by atoms with Crippen LogP contribution in [0.1, 0.15) is 29.8 Å². The number of hydrogen-bond donors (Lipinski definition) is 2. The van der Waals surface area contributed by atoms with E-state index in [-0.39, 0.29) is 11.6 Å². The first-order chi connectivity index (χ1) is 12.6. The Hall–Kier alpha value is -2.35. The van der Waals surface area contributed by atoms with Crippen LogP contribution in [0.2, 0.25) is 0 Å². The van der Waals surface area contributed by atoms with Crippen LogP contribution in [0.3, 0.4) is 0 Å². The SMILES string of the molecule is CC(C)[C@H](NC(=O)c1ccc(Br)cc1)C(=O)Nc1ccc(C(F)(F)F)cc1. The molecule has 1 atom stereocenters. The van der Waals surface area contributed by atoms with Gasteiger partial charge in [0.15, 0.2) is 0 Å². The van der Waals surface area contributed by atoms with Crippen molar-refractivity contribution < 1.29 is 22.8 Å². The number of carbonyl (C=O) groups excluding carboxylic acids is 2. The fourth-order valence-corrected chi connectivity index (χ4v) is 2.59. The lowest BCUT2D eigenvalue weighted by Crippen LogP contribution is -2.47. The van der Waals surface area contributed by atoms with Crippen LogP contribution < -0.4 is 10.6 Å². The first kappa shape index (κ1) is 21.0. The highest BCUT2D eigenvalue weighted by molar-refractivity contribution is 9.10. The Labute approximate surface area is 163 Å². The van der Waals surface area contributed by atoms with Gasteiger partial charge in [0.05, 0.1) is 5.56 Å². The van der Waals surface area contributed by atoms with E-state index in [0.29, 0.717) is 5.56 Å². The van der Waals surface area contributed by atoms with E-state index >= 15 is 0 Å². The fraction of sp³-hybridized carbons (Fsp3) is 0.263. The Kier molecular flexibility index (Phi) is 6.64. The smallest absolute Gasteiger partial charge is 0.340 e. The number of halogens is 4. The number of anilines is 1. The minimum atomic E-state index is -4.44. The predicted octanol–water partition coefficient (Wildman–Crippen LogP) is 4.86. The zero-order valence-corrected chi connectivity index (χ0v) is 16.2. The monoisotopic (exact) mass is 442 g/mol. The first-order valence-electron chi connectivity index (χ1n) is 8.12. The third kappa shape index (κ3) is 5.82. The summed E-state index contributed by atoms with van der Waals surface area (Å²) in [6.45, 7) is 3.53. The molecule has 0 saturated carbocycles. The molecule has 4 nitrogen and oxygen atoms in total. The van der Waals surface area contributed by atoms with Crippen molar-refractivity contribution in [2.24, 2.45) is 5.92 Å². The highest BCUT2D eigenvalue weighted by Crippen LogP contribution is 2.29. The molecule has 2 N–H and O–H groups in total. The summed E-state index contributed by atoms with van der Waals surface area (Å²) in [5.74, 6) is -1.14. The van der Waals surface area contributed by atoms with Gasteiger partial charge in [-0.05, 0) is 54.4 Å². The van der Waals surface area contributed by atoms with Gasteiger partial charge in [-0.2, -0.15) is 13.2 Å². The second kappa shape index (κ2) is 8.56. The van der Waals surface area contributed by atoms with Gasteiger partial charge in [-0.3, -0.25) is 9.59 Å². The van der Waals surface area contributed by atoms with E-state index < -0.39 is 29.6 Å². The van der Waals surface area contributed by atoms with Crippen LogP contribution in [0, 0.1) is 5.92 Å². The molecule has 0 saturated heterocycles. The van der Waals surface area contributed by atoms with E-state index in [4.69, 9.17) is 0 Å². The summed E-state index contributed by atoms with van der Waals surface area (Å²) in [7, 11) is 0. The van der Waals surface area contributed by atoms with Crippen molar-refractivity contribution in [3.63, 3.8) is 0 Å². The molecule has 0 radical (unpaired) electrons. The third-order valence-electron chi connectivity index (χ3n) is 3.82. The minimum Gasteiger partial charge on any atom is -0.340 e. The van der Waals surface area contributed by atoms with Gasteiger partial charge in [-0.15, -0.1) is 0 Å². The Bertz CT molecular complexity index is 803. The normalized spacial score (nSPS) is 12.6. The molecule has 2 aromatic rings. The van der Waals surface area contributed by atoms with E-state index in [0.717, 1.165) is 16.6 Å². The molecule has 2 aromatic carbocycles. The maximum Gasteiger partial charge on any atom is 0.416 e. The zero-order chi connectivity index (χ0) is 20.2. The Morgan fingerprint density at radius 3 is 2.00 bits per heavy atom. The van der Waals surface area contributed by atoms with Crippen molar-refractivity contribution in [1.82, 2.24) is 5.32 Å². The molecular formula is C19H18BrF3N2O2. The second-order valence-corrected chi connectivity index (χ2v) is 7.18. The molecule has 0 fully saturated rings. The Balaban J connectivity index is 2.08. The summed E-state index contributed by atoms with van der Waals surface area (Å²) in [6.07, 6.45) is -4.44. The molecule has 0 aliphatic rings. The van der Waals surface area contributed by atoms with Crippen LogP contribution >= 0.6 is 15.9 Å². The van der Waals surface area contributed by atoms with Crippen LogP contribution in [-0.2, 0) is 11.0 Å². The number of benzene rings is 2. The molecule has 144 valence electrons. The van der Waals surface area contributed by atoms with Gasteiger partial charge in [0.25, 0.3) is 5.91 Å². The molecule has 0 spiro atoms. The summed E-state index contributed by atoms with van der Waals surface area (Å²) in [5, 5.41) is 5.20. The van der Waals surface area contributed by atoms with Gasteiger partial charge in [0.2, 0.25) is 5.91 Å². The maximum atomic E-state index is 12.6. The van der Waals surface area contributed by atoms with Gasteiger partial charge < -0.3 is 10.6 Å². The largest absolute Gasteiger partial charge is 0.416 e. The van der Waals surface area contributed by atoms with Gasteiger partial charge >= 0.3 is 6.18 Å². The van der Waals surface area contributed by atoms with E-state index in [2.05, 4.69) is 26.6 Å². The number of amides is 2. The van der Waals surface area contributed by atoms with E-state index in [9.17, 15) is 22.8 Å². The van der Waals surface area contributed by atoms with Crippen LogP contribution in [0.5, 0.6) is 0 Å². The average molecular weight is 443 g/mol. The summed E-state index contributed by atoms with van der Waals surface area (Å²) in [4.78, 5) is 24.9. The molecule has 8 heteroatoms. The number of rotatable bonds is 5. The molecule has 0 aliphatic heterocycles. The van der Waals surface area contributed by atoms with Crippen molar-refractivity contribution in [3.8, 4) is 0 Å². The van der Waals surface area contributed by atoms with Gasteiger partial charge in [-0.25, -0.2) is 0 Å². The lowest BCUT2D eigenvalue weighted by molar-refractivity contribution is -0.137. The third-order valence-corrected chi connectivity index (χ3v) is 4.35. The van der Waals surface area contributed by atoms with E-state index in [1.807, 2.05) is 0 Å². The Morgan fingerprint density at radius 2 is 1.52 bits per heavy atom. The molecule has 0 aromatic heterocycles. The molecule has 0 bridgehead atoms. The van der Waals surface area contributed by atoms with Crippen molar-refractivity contribution in [1.29, 1.82) is 0 Å². The highest BCUT2D eigenvalue weighted by atomic mass is 79.9. The summed E-state index contributed by atoms with van der Waals surface area (Å²) >= 11 is 3.28. The Morgan fingerprint density at radius 1 is 0.963 bits per heavy atom. The van der Waals surface area contributed by atoms with Crippen LogP contribution in [0.15, 0.2) is 53.0 Å². The van der Waals surface area contributed by atoms with E-state index in [1.54, 1.807) is 38.1 Å². The van der Waals surface area contributed by atoms with Crippen molar-refractivity contribution in [2.45, 2.75) is 26.1 Å². The minimum absolute atomic E-state index is 0.219. The van der Waals surface area contributed by atoms with Crippen LogP contribution in [0.4, 0.5) is 18.9 Å². The number of nitrogens with one attached hydrogen (secondary N) is 2. The lowest BCUT2D eigenvalue weighted by atomic mass is 10.0. The van der Waals surface area contributed by atoms with Gasteiger partial charge in [0.1, 0.15) is 6.04 Å². The van der Waals surface area contributed by atoms with Crippen molar-refractivity contribution in [3.05, 3.63) is 64.1 Å². The number of alkyl halides is 3. The van der Waals surface area contributed by atoms with Crippen LogP contribution in [-0.4, -0.2) is 17.9 Å². The van der Waals surface area contributed by atoms with E-state index in [1.165, 1.54) is 12.1 Å². The standard InChI is InChI=1S/C19H18BrF3N2O2/c1-11(2)16(25-17(26)12-3-7-14(20)8-4-12)18(27)24-15-9-5-13(6-10-15)19(21,22)23/h3-11,16H,1-2H3,(H,24,27)(H,25,26)/t16-/m0/s1. The molecule has 2 amide bonds. The van der Waals surface area contributed by atoms with Crippen molar-refractivity contribution in [2.75, 3.05) is 5.32 Å². The molecule has 0 heterocycles. The average Bonchev–Trinajstić information content (AvgIpc) is 2.59. The molecular weight excluding hydrogens is 425 g/mol. The summed E-state index contributed by atoms with van der Waals surface area (Å²) in [5.41, 5.74) is -0.188. The topological polar surface area (TPSA) is 58.2 Å². The quantitative estimate of drug-likeness (QED) is 0.694. The molecule has 0 unspecified atom stereocenters.